The SMILES string of the molecule is CCc1nc(NN)cc(NCCN2CCCCC2)n1. The Kier molecular flexibility index (Phi) is 5.35. The fourth-order valence-corrected chi connectivity index (χ4v) is 2.34. The first kappa shape index (κ1) is 14.0. The molecule has 0 unspecified atom stereocenters. The van der Waals surface area contributed by atoms with E-state index >= 15 is 0 Å². The minimum absolute atomic E-state index is 0.660. The summed E-state index contributed by atoms with van der Waals surface area (Å²) in [7, 11) is 0. The van der Waals surface area contributed by atoms with Crippen molar-refractivity contribution >= 4 is 11.6 Å². The summed E-state index contributed by atoms with van der Waals surface area (Å²) < 4.78 is 0. The Balaban J connectivity index is 1.84. The summed E-state index contributed by atoms with van der Waals surface area (Å²) in [6, 6.07) is 1.84. The molecule has 0 amide bonds. The fourth-order valence-electron chi connectivity index (χ4n) is 2.34. The summed E-state index contributed by atoms with van der Waals surface area (Å²) in [6.07, 6.45) is 4.83. The van der Waals surface area contributed by atoms with E-state index in [0.29, 0.717) is 5.82 Å². The van der Waals surface area contributed by atoms with E-state index in [1.165, 1.54) is 32.4 Å². The first-order valence-electron chi connectivity index (χ1n) is 7.12. The van der Waals surface area contributed by atoms with Gasteiger partial charge in [-0.2, -0.15) is 0 Å². The summed E-state index contributed by atoms with van der Waals surface area (Å²) in [4.78, 5) is 11.2. The highest BCUT2D eigenvalue weighted by Crippen LogP contribution is 2.11. The van der Waals surface area contributed by atoms with Crippen molar-refractivity contribution in [1.82, 2.24) is 14.9 Å². The zero-order valence-corrected chi connectivity index (χ0v) is 11.7. The molecular formula is C13H24N6. The number of hydrogen-bond acceptors (Lipinski definition) is 6. The van der Waals surface area contributed by atoms with Crippen LogP contribution in [-0.2, 0) is 6.42 Å². The van der Waals surface area contributed by atoms with Crippen molar-refractivity contribution in [2.24, 2.45) is 5.84 Å². The van der Waals surface area contributed by atoms with Crippen molar-refractivity contribution < 1.29 is 0 Å². The van der Waals surface area contributed by atoms with Gasteiger partial charge < -0.3 is 15.6 Å². The molecule has 106 valence electrons. The van der Waals surface area contributed by atoms with Gasteiger partial charge in [0.15, 0.2) is 0 Å². The Morgan fingerprint density at radius 2 is 1.95 bits per heavy atom. The number of aryl methyl sites for hydroxylation is 1. The molecule has 1 aliphatic rings. The van der Waals surface area contributed by atoms with E-state index < -0.39 is 0 Å². The first-order valence-corrected chi connectivity index (χ1v) is 7.12. The van der Waals surface area contributed by atoms with Gasteiger partial charge in [0.05, 0.1) is 0 Å². The maximum Gasteiger partial charge on any atom is 0.145 e. The number of hydrogen-bond donors (Lipinski definition) is 3. The molecule has 1 saturated heterocycles. The molecule has 6 heteroatoms. The number of likely N-dealkylation sites (tertiary alicyclic amines) is 1. The monoisotopic (exact) mass is 264 g/mol. The Morgan fingerprint density at radius 1 is 1.21 bits per heavy atom. The molecule has 0 spiro atoms. The molecular weight excluding hydrogens is 240 g/mol. The van der Waals surface area contributed by atoms with Crippen molar-refractivity contribution in [2.45, 2.75) is 32.6 Å². The van der Waals surface area contributed by atoms with Crippen LogP contribution in [0.15, 0.2) is 6.07 Å². The minimum Gasteiger partial charge on any atom is -0.369 e. The van der Waals surface area contributed by atoms with Crippen LogP contribution in [0.1, 0.15) is 32.0 Å². The van der Waals surface area contributed by atoms with E-state index in [1.807, 2.05) is 13.0 Å². The van der Waals surface area contributed by atoms with Gasteiger partial charge in [-0.05, 0) is 25.9 Å². The highest BCUT2D eigenvalue weighted by molar-refractivity contribution is 5.46. The Bertz CT molecular complexity index is 366. The standard InChI is InChI=1S/C13H24N6/c1-2-11-16-12(10-13(17-11)18-14)15-6-9-19-7-4-3-5-8-19/h10H,2-9,14H2,1H3,(H2,15,16,17,18). The molecule has 1 aromatic heterocycles. The number of nitrogen functional groups attached to an aromatic ring is 1. The third-order valence-corrected chi connectivity index (χ3v) is 3.42. The molecule has 0 atom stereocenters. The van der Waals surface area contributed by atoms with Gasteiger partial charge in [0.25, 0.3) is 0 Å². The topological polar surface area (TPSA) is 79.1 Å². The van der Waals surface area contributed by atoms with E-state index in [0.717, 1.165) is 31.2 Å². The third kappa shape index (κ3) is 4.33. The molecule has 1 fully saturated rings. The van der Waals surface area contributed by atoms with Gasteiger partial charge in [-0.15, -0.1) is 0 Å². The van der Waals surface area contributed by atoms with Crippen LogP contribution in [0, 0.1) is 0 Å². The second kappa shape index (κ2) is 7.25. The number of anilines is 2. The third-order valence-electron chi connectivity index (χ3n) is 3.42. The Hall–Kier alpha value is -1.40. The average Bonchev–Trinajstić information content (AvgIpc) is 2.48. The molecule has 0 aromatic carbocycles. The predicted molar refractivity (Wildman–Crippen MR) is 78.0 cm³/mol. The normalized spacial score (nSPS) is 16.3. The van der Waals surface area contributed by atoms with Gasteiger partial charge in [0, 0.05) is 25.6 Å². The summed E-state index contributed by atoms with van der Waals surface area (Å²) in [6.45, 7) is 6.46. The molecule has 1 aromatic rings. The summed E-state index contributed by atoms with van der Waals surface area (Å²) >= 11 is 0. The molecule has 0 radical (unpaired) electrons. The molecule has 19 heavy (non-hydrogen) atoms. The lowest BCUT2D eigenvalue weighted by molar-refractivity contribution is 0.237. The number of hydrazine groups is 1. The highest BCUT2D eigenvalue weighted by atomic mass is 15.3. The largest absolute Gasteiger partial charge is 0.369 e. The second-order valence-corrected chi connectivity index (χ2v) is 4.88. The zero-order valence-electron chi connectivity index (χ0n) is 11.7. The van der Waals surface area contributed by atoms with Gasteiger partial charge in [-0.1, -0.05) is 13.3 Å². The highest BCUT2D eigenvalue weighted by Gasteiger charge is 2.09. The lowest BCUT2D eigenvalue weighted by Crippen LogP contribution is -2.33. The van der Waals surface area contributed by atoms with Crippen LogP contribution in [0.25, 0.3) is 0 Å². The lowest BCUT2D eigenvalue weighted by atomic mass is 10.1. The van der Waals surface area contributed by atoms with E-state index in [-0.39, 0.29) is 0 Å². The van der Waals surface area contributed by atoms with Crippen molar-refractivity contribution in [3.63, 3.8) is 0 Å². The summed E-state index contributed by atoms with van der Waals surface area (Å²) in [5.74, 6) is 7.72. The number of nitrogens with zero attached hydrogens (tertiary/aromatic N) is 3. The maximum atomic E-state index is 5.41. The van der Waals surface area contributed by atoms with Gasteiger partial charge >= 0.3 is 0 Å². The zero-order chi connectivity index (χ0) is 13.5. The average molecular weight is 264 g/mol. The molecule has 6 nitrogen and oxygen atoms in total. The molecule has 0 aliphatic carbocycles. The fraction of sp³-hybridized carbons (Fsp3) is 0.692. The van der Waals surface area contributed by atoms with Crippen LogP contribution in [0.5, 0.6) is 0 Å². The predicted octanol–water partition coefficient (Wildman–Crippen LogP) is 1.22. The van der Waals surface area contributed by atoms with E-state index in [4.69, 9.17) is 5.84 Å². The molecule has 1 aliphatic heterocycles. The number of rotatable bonds is 6. The van der Waals surface area contributed by atoms with Gasteiger partial charge in [-0.25, -0.2) is 15.8 Å². The van der Waals surface area contributed by atoms with E-state index in [2.05, 4.69) is 25.6 Å². The second-order valence-electron chi connectivity index (χ2n) is 4.88. The van der Waals surface area contributed by atoms with E-state index in [9.17, 15) is 0 Å². The van der Waals surface area contributed by atoms with Gasteiger partial charge in [0.2, 0.25) is 0 Å². The molecule has 2 rings (SSSR count). The van der Waals surface area contributed by atoms with Crippen LogP contribution in [0.2, 0.25) is 0 Å². The van der Waals surface area contributed by atoms with Crippen LogP contribution < -0.4 is 16.6 Å². The molecule has 0 bridgehead atoms. The van der Waals surface area contributed by atoms with Crippen molar-refractivity contribution in [3.05, 3.63) is 11.9 Å². The van der Waals surface area contributed by atoms with Crippen LogP contribution >= 0.6 is 0 Å². The lowest BCUT2D eigenvalue weighted by Gasteiger charge is -2.26. The summed E-state index contributed by atoms with van der Waals surface area (Å²) in [5.41, 5.74) is 2.58. The number of nitrogens with two attached hydrogens (primary N) is 1. The smallest absolute Gasteiger partial charge is 0.145 e. The molecule has 2 heterocycles. The van der Waals surface area contributed by atoms with Crippen LogP contribution in [0.4, 0.5) is 11.6 Å². The quantitative estimate of drug-likeness (QED) is 0.529. The van der Waals surface area contributed by atoms with Gasteiger partial charge in [-0.3, -0.25) is 0 Å². The van der Waals surface area contributed by atoms with Crippen molar-refractivity contribution in [3.8, 4) is 0 Å². The van der Waals surface area contributed by atoms with Gasteiger partial charge in [0.1, 0.15) is 17.5 Å². The van der Waals surface area contributed by atoms with Crippen molar-refractivity contribution in [1.29, 1.82) is 0 Å². The molecule has 4 N–H and O–H groups in total. The Morgan fingerprint density at radius 3 is 2.63 bits per heavy atom. The van der Waals surface area contributed by atoms with E-state index in [1.54, 1.807) is 0 Å². The van der Waals surface area contributed by atoms with Crippen molar-refractivity contribution in [2.75, 3.05) is 36.9 Å². The summed E-state index contributed by atoms with van der Waals surface area (Å²) in [5, 5.41) is 3.35. The molecule has 0 saturated carbocycles. The first-order chi connectivity index (χ1) is 9.31. The number of piperidine rings is 1. The Labute approximate surface area is 114 Å². The van der Waals surface area contributed by atoms with Crippen LogP contribution in [-0.4, -0.2) is 41.0 Å². The number of aromatic nitrogens is 2. The minimum atomic E-state index is 0.660. The maximum absolute atomic E-state index is 5.41. The number of nitrogens with one attached hydrogen (secondary N) is 2. The van der Waals surface area contributed by atoms with Crippen LogP contribution in [0.3, 0.4) is 0 Å².